The number of nitrogens with zero attached hydrogens (tertiary/aromatic N) is 2. The van der Waals surface area contributed by atoms with Crippen molar-refractivity contribution in [3.63, 3.8) is 0 Å². The van der Waals surface area contributed by atoms with Crippen LogP contribution >= 0.6 is 0 Å². The second-order valence-electron chi connectivity index (χ2n) is 6.85. The molecule has 0 bridgehead atoms. The second kappa shape index (κ2) is 11.0. The number of hydrogen-bond acceptors (Lipinski definition) is 5. The summed E-state index contributed by atoms with van der Waals surface area (Å²) in [5.41, 5.74) is 1.92. The van der Waals surface area contributed by atoms with Crippen molar-refractivity contribution in [1.82, 2.24) is 15.1 Å². The first kappa shape index (κ1) is 22.1. The highest BCUT2D eigenvalue weighted by molar-refractivity contribution is 5.91. The molecule has 0 saturated carbocycles. The number of rotatable bonds is 10. The van der Waals surface area contributed by atoms with E-state index < -0.39 is 0 Å². The van der Waals surface area contributed by atoms with Gasteiger partial charge in [-0.1, -0.05) is 36.4 Å². The Morgan fingerprint density at radius 1 is 0.935 bits per heavy atom. The van der Waals surface area contributed by atoms with Crippen molar-refractivity contribution in [3.05, 3.63) is 87.8 Å². The lowest BCUT2D eigenvalue weighted by Gasteiger charge is -2.12. The summed E-state index contributed by atoms with van der Waals surface area (Å²) in [6, 6.07) is 18.1. The highest BCUT2D eigenvalue weighted by Gasteiger charge is 2.11. The minimum absolute atomic E-state index is 0.206. The molecule has 0 unspecified atom stereocenters. The quantitative estimate of drug-likeness (QED) is 0.544. The van der Waals surface area contributed by atoms with E-state index in [-0.39, 0.29) is 17.2 Å². The Morgan fingerprint density at radius 3 is 2.42 bits per heavy atom. The Labute approximate surface area is 181 Å². The summed E-state index contributed by atoms with van der Waals surface area (Å²) in [6.07, 6.45) is 0.627. The third-order valence-corrected chi connectivity index (χ3v) is 4.58. The molecule has 0 aliphatic carbocycles. The summed E-state index contributed by atoms with van der Waals surface area (Å²) in [6.45, 7) is 5.70. The van der Waals surface area contributed by atoms with Gasteiger partial charge in [-0.25, -0.2) is 4.68 Å². The van der Waals surface area contributed by atoms with E-state index in [0.29, 0.717) is 44.2 Å². The molecule has 0 saturated heterocycles. The van der Waals surface area contributed by atoms with Crippen LogP contribution in [0.15, 0.2) is 65.5 Å². The van der Waals surface area contributed by atoms with Gasteiger partial charge in [0.15, 0.2) is 11.5 Å². The van der Waals surface area contributed by atoms with Gasteiger partial charge in [0.2, 0.25) is 0 Å². The third kappa shape index (κ3) is 6.18. The first-order valence-corrected chi connectivity index (χ1v) is 10.4. The minimum atomic E-state index is -0.322. The molecule has 31 heavy (non-hydrogen) atoms. The third-order valence-electron chi connectivity index (χ3n) is 4.58. The Hall–Kier alpha value is -3.61. The van der Waals surface area contributed by atoms with Crippen LogP contribution in [0.3, 0.4) is 0 Å². The first-order valence-electron chi connectivity index (χ1n) is 10.4. The number of benzene rings is 2. The zero-order chi connectivity index (χ0) is 22.1. The molecular formula is C24H27N3O4. The van der Waals surface area contributed by atoms with Gasteiger partial charge in [0.25, 0.3) is 11.5 Å². The molecule has 1 amide bonds. The summed E-state index contributed by atoms with van der Waals surface area (Å²) >= 11 is 0. The molecule has 0 atom stereocenters. The second-order valence-corrected chi connectivity index (χ2v) is 6.85. The van der Waals surface area contributed by atoms with E-state index in [1.54, 1.807) is 0 Å². The number of amides is 1. The monoisotopic (exact) mass is 421 g/mol. The maximum atomic E-state index is 12.5. The van der Waals surface area contributed by atoms with Gasteiger partial charge in [0, 0.05) is 12.6 Å². The zero-order valence-electron chi connectivity index (χ0n) is 17.8. The van der Waals surface area contributed by atoms with Crippen LogP contribution < -0.4 is 20.3 Å². The van der Waals surface area contributed by atoms with E-state index in [0.717, 1.165) is 11.1 Å². The molecule has 2 aromatic carbocycles. The lowest BCUT2D eigenvalue weighted by molar-refractivity contribution is 0.0946. The molecule has 0 aliphatic rings. The highest BCUT2D eigenvalue weighted by Crippen LogP contribution is 2.28. The predicted octanol–water partition coefficient (Wildman–Crippen LogP) is 3.06. The largest absolute Gasteiger partial charge is 0.490 e. The van der Waals surface area contributed by atoms with E-state index in [9.17, 15) is 9.59 Å². The molecule has 0 aliphatic heterocycles. The predicted molar refractivity (Wildman–Crippen MR) is 119 cm³/mol. The normalized spacial score (nSPS) is 10.5. The number of nitrogens with one attached hydrogen (secondary N) is 1. The minimum Gasteiger partial charge on any atom is -0.490 e. The topological polar surface area (TPSA) is 82.5 Å². The Morgan fingerprint density at radius 2 is 1.68 bits per heavy atom. The lowest BCUT2D eigenvalue weighted by Crippen LogP contribution is -2.31. The standard InChI is InChI=1S/C24H27N3O4/c1-3-30-21-12-10-18(16-22(21)31-4-2)14-15-25-24(29)20-11-13-23(28)27(26-20)17-19-8-6-5-7-9-19/h5-13,16H,3-4,14-15,17H2,1-2H3,(H,25,29). The van der Waals surface area contributed by atoms with Crippen LogP contribution in [-0.2, 0) is 13.0 Å². The lowest BCUT2D eigenvalue weighted by atomic mass is 10.1. The Bertz CT molecular complexity index is 1060. The van der Waals surface area contributed by atoms with Gasteiger partial charge in [0.05, 0.1) is 19.8 Å². The van der Waals surface area contributed by atoms with Crippen molar-refractivity contribution >= 4 is 5.91 Å². The van der Waals surface area contributed by atoms with Gasteiger partial charge in [-0.2, -0.15) is 5.10 Å². The Balaban J connectivity index is 1.61. The van der Waals surface area contributed by atoms with Crippen molar-refractivity contribution in [2.24, 2.45) is 0 Å². The summed E-state index contributed by atoms with van der Waals surface area (Å²) in [4.78, 5) is 24.6. The molecule has 162 valence electrons. The van der Waals surface area contributed by atoms with Crippen LogP contribution in [0.1, 0.15) is 35.5 Å². The fraction of sp³-hybridized carbons (Fsp3) is 0.292. The SMILES string of the molecule is CCOc1ccc(CCNC(=O)c2ccc(=O)n(Cc3ccccc3)n2)cc1OCC. The molecule has 0 radical (unpaired) electrons. The summed E-state index contributed by atoms with van der Waals surface area (Å²) in [7, 11) is 0. The fourth-order valence-corrected chi connectivity index (χ4v) is 3.10. The van der Waals surface area contributed by atoms with Crippen molar-refractivity contribution in [1.29, 1.82) is 0 Å². The molecule has 7 nitrogen and oxygen atoms in total. The van der Waals surface area contributed by atoms with Gasteiger partial charge in [-0.05, 0) is 49.6 Å². The molecule has 3 rings (SSSR count). The van der Waals surface area contributed by atoms with Crippen LogP contribution in [0.4, 0.5) is 0 Å². The average Bonchev–Trinajstić information content (AvgIpc) is 2.78. The number of carbonyl (C=O) groups excluding carboxylic acids is 1. The van der Waals surface area contributed by atoms with Gasteiger partial charge in [-0.15, -0.1) is 0 Å². The molecule has 1 aromatic heterocycles. The van der Waals surface area contributed by atoms with Gasteiger partial charge < -0.3 is 14.8 Å². The van der Waals surface area contributed by atoms with E-state index in [2.05, 4.69) is 10.4 Å². The number of aromatic nitrogens is 2. The van der Waals surface area contributed by atoms with Crippen LogP contribution in [0, 0.1) is 0 Å². The Kier molecular flexibility index (Phi) is 7.81. The zero-order valence-corrected chi connectivity index (χ0v) is 17.8. The molecule has 7 heteroatoms. The molecule has 3 aromatic rings. The molecule has 1 heterocycles. The van der Waals surface area contributed by atoms with Crippen LogP contribution in [0.5, 0.6) is 11.5 Å². The van der Waals surface area contributed by atoms with Crippen molar-refractivity contribution < 1.29 is 14.3 Å². The van der Waals surface area contributed by atoms with Crippen LogP contribution in [-0.4, -0.2) is 35.4 Å². The van der Waals surface area contributed by atoms with Gasteiger partial charge in [-0.3, -0.25) is 9.59 Å². The van der Waals surface area contributed by atoms with Crippen LogP contribution in [0.2, 0.25) is 0 Å². The van der Waals surface area contributed by atoms with Gasteiger partial charge in [0.1, 0.15) is 5.69 Å². The maximum absolute atomic E-state index is 12.5. The van der Waals surface area contributed by atoms with E-state index in [1.807, 2.05) is 62.4 Å². The molecule has 0 fully saturated rings. The summed E-state index contributed by atoms with van der Waals surface area (Å²) < 4.78 is 12.5. The molecule has 0 spiro atoms. The van der Waals surface area contributed by atoms with Crippen molar-refractivity contribution in [2.75, 3.05) is 19.8 Å². The fourth-order valence-electron chi connectivity index (χ4n) is 3.10. The van der Waals surface area contributed by atoms with Crippen molar-refractivity contribution in [3.8, 4) is 11.5 Å². The number of hydrogen-bond donors (Lipinski definition) is 1. The smallest absolute Gasteiger partial charge is 0.271 e. The molecular weight excluding hydrogens is 394 g/mol. The van der Waals surface area contributed by atoms with Gasteiger partial charge >= 0.3 is 0 Å². The summed E-state index contributed by atoms with van der Waals surface area (Å²) in [5.74, 6) is 1.09. The number of carbonyl (C=O) groups is 1. The van der Waals surface area contributed by atoms with Crippen molar-refractivity contribution in [2.45, 2.75) is 26.8 Å². The van der Waals surface area contributed by atoms with E-state index in [4.69, 9.17) is 9.47 Å². The van der Waals surface area contributed by atoms with Crippen LogP contribution in [0.25, 0.3) is 0 Å². The average molecular weight is 421 g/mol. The molecule has 1 N–H and O–H groups in total. The maximum Gasteiger partial charge on any atom is 0.271 e. The van der Waals surface area contributed by atoms with E-state index >= 15 is 0 Å². The first-order chi connectivity index (χ1) is 15.1. The summed E-state index contributed by atoms with van der Waals surface area (Å²) in [5, 5.41) is 7.08. The number of ether oxygens (including phenoxy) is 2. The van der Waals surface area contributed by atoms with E-state index in [1.165, 1.54) is 16.8 Å². The highest BCUT2D eigenvalue weighted by atomic mass is 16.5.